The molecule has 0 spiro atoms. The van der Waals surface area contributed by atoms with Crippen LogP contribution in [0.25, 0.3) is 11.5 Å². The average Bonchev–Trinajstić information content (AvgIpc) is 3.07. The Labute approximate surface area is 107 Å². The monoisotopic (exact) mass is 294 g/mol. The first kappa shape index (κ1) is 10.8. The Morgan fingerprint density at radius 3 is 2.82 bits per heavy atom. The highest BCUT2D eigenvalue weighted by Gasteiger charge is 2.29. The van der Waals surface area contributed by atoms with Gasteiger partial charge >= 0.3 is 0 Å². The molecule has 1 aliphatic carbocycles. The van der Waals surface area contributed by atoms with Crippen LogP contribution in [0, 0.1) is 0 Å². The molecular weight excluding hydrogens is 284 g/mol. The lowest BCUT2D eigenvalue weighted by Gasteiger charge is -2.03. The molecule has 1 aromatic heterocycles. The Hall–Kier alpha value is -1.36. The smallest absolute Gasteiger partial charge is 0.247 e. The van der Waals surface area contributed by atoms with Crippen LogP contribution in [0.3, 0.4) is 0 Å². The summed E-state index contributed by atoms with van der Waals surface area (Å²) >= 11 is 3.44. The first-order chi connectivity index (χ1) is 8.28. The molecule has 1 saturated carbocycles. The second kappa shape index (κ2) is 4.14. The van der Waals surface area contributed by atoms with Crippen LogP contribution in [-0.2, 0) is 0 Å². The van der Waals surface area contributed by atoms with Crippen LogP contribution in [0.5, 0.6) is 5.75 Å². The summed E-state index contributed by atoms with van der Waals surface area (Å²) < 4.78 is 11.7. The van der Waals surface area contributed by atoms with E-state index in [2.05, 4.69) is 26.1 Å². The van der Waals surface area contributed by atoms with Gasteiger partial charge in [0.2, 0.25) is 11.8 Å². The highest BCUT2D eigenvalue weighted by atomic mass is 79.9. The van der Waals surface area contributed by atoms with E-state index in [0.717, 1.165) is 34.5 Å². The summed E-state index contributed by atoms with van der Waals surface area (Å²) in [5.41, 5.74) is 0.900. The molecule has 1 aromatic carbocycles. The predicted octanol–water partition coefficient (Wildman–Crippen LogP) is 3.39. The van der Waals surface area contributed by atoms with Gasteiger partial charge in [-0.3, -0.25) is 0 Å². The van der Waals surface area contributed by atoms with E-state index in [-0.39, 0.29) is 0 Å². The third kappa shape index (κ3) is 2.07. The number of rotatable bonds is 3. The van der Waals surface area contributed by atoms with Crippen LogP contribution in [0.2, 0.25) is 0 Å². The molecule has 17 heavy (non-hydrogen) atoms. The quantitative estimate of drug-likeness (QED) is 0.871. The van der Waals surface area contributed by atoms with Crippen molar-refractivity contribution in [1.29, 1.82) is 0 Å². The van der Waals surface area contributed by atoms with E-state index in [4.69, 9.17) is 9.15 Å². The molecule has 3 rings (SSSR count). The van der Waals surface area contributed by atoms with Gasteiger partial charge in [-0.15, -0.1) is 10.2 Å². The Balaban J connectivity index is 1.93. The molecule has 0 unspecified atom stereocenters. The molecule has 0 N–H and O–H groups in total. The molecule has 5 heteroatoms. The molecule has 0 radical (unpaired) electrons. The summed E-state index contributed by atoms with van der Waals surface area (Å²) in [6.07, 6.45) is 2.32. The van der Waals surface area contributed by atoms with Gasteiger partial charge in [-0.2, -0.15) is 0 Å². The van der Waals surface area contributed by atoms with Crippen LogP contribution in [-0.4, -0.2) is 17.3 Å². The Morgan fingerprint density at radius 2 is 2.18 bits per heavy atom. The SMILES string of the molecule is COc1ccc(-c2nnc(C3CC3)o2)cc1Br. The zero-order valence-corrected chi connectivity index (χ0v) is 10.9. The van der Waals surface area contributed by atoms with Gasteiger partial charge in [-0.05, 0) is 47.0 Å². The van der Waals surface area contributed by atoms with Crippen molar-refractivity contribution >= 4 is 15.9 Å². The second-order valence-electron chi connectivity index (χ2n) is 4.07. The summed E-state index contributed by atoms with van der Waals surface area (Å²) in [7, 11) is 1.64. The van der Waals surface area contributed by atoms with Gasteiger partial charge < -0.3 is 9.15 Å². The largest absolute Gasteiger partial charge is 0.496 e. The lowest BCUT2D eigenvalue weighted by molar-refractivity contribution is 0.412. The third-order valence-electron chi connectivity index (χ3n) is 2.77. The Kier molecular flexibility index (Phi) is 2.63. The molecule has 0 aliphatic heterocycles. The van der Waals surface area contributed by atoms with E-state index in [1.807, 2.05) is 18.2 Å². The fraction of sp³-hybridized carbons (Fsp3) is 0.333. The second-order valence-corrected chi connectivity index (χ2v) is 4.92. The number of hydrogen-bond donors (Lipinski definition) is 0. The topological polar surface area (TPSA) is 48.2 Å². The normalized spacial score (nSPS) is 14.9. The molecule has 0 atom stereocenters. The van der Waals surface area contributed by atoms with Crippen LogP contribution in [0.1, 0.15) is 24.7 Å². The molecule has 0 saturated heterocycles. The third-order valence-corrected chi connectivity index (χ3v) is 3.39. The van der Waals surface area contributed by atoms with Gasteiger partial charge in [0.25, 0.3) is 0 Å². The van der Waals surface area contributed by atoms with Crippen molar-refractivity contribution in [3.05, 3.63) is 28.6 Å². The molecule has 2 aromatic rings. The van der Waals surface area contributed by atoms with Gasteiger partial charge in [0.05, 0.1) is 11.6 Å². The minimum Gasteiger partial charge on any atom is -0.496 e. The predicted molar refractivity (Wildman–Crippen MR) is 66.0 cm³/mol. The van der Waals surface area contributed by atoms with Gasteiger partial charge in [0.15, 0.2) is 0 Å². The maximum absolute atomic E-state index is 5.64. The van der Waals surface area contributed by atoms with Gasteiger partial charge in [0, 0.05) is 11.5 Å². The zero-order chi connectivity index (χ0) is 11.8. The summed E-state index contributed by atoms with van der Waals surface area (Å²) in [6, 6.07) is 5.71. The first-order valence-electron chi connectivity index (χ1n) is 5.45. The Morgan fingerprint density at radius 1 is 1.35 bits per heavy atom. The minimum atomic E-state index is 0.484. The molecule has 1 fully saturated rings. The van der Waals surface area contributed by atoms with E-state index in [9.17, 15) is 0 Å². The number of aromatic nitrogens is 2. The fourth-order valence-corrected chi connectivity index (χ4v) is 2.19. The number of nitrogens with zero attached hydrogens (tertiary/aromatic N) is 2. The number of ether oxygens (including phenoxy) is 1. The summed E-state index contributed by atoms with van der Waals surface area (Å²) in [5, 5.41) is 8.13. The first-order valence-corrected chi connectivity index (χ1v) is 6.24. The van der Waals surface area contributed by atoms with Gasteiger partial charge in [0.1, 0.15) is 5.75 Å². The lowest BCUT2D eigenvalue weighted by atomic mass is 10.2. The number of benzene rings is 1. The van der Waals surface area contributed by atoms with Crippen molar-refractivity contribution in [2.24, 2.45) is 0 Å². The van der Waals surface area contributed by atoms with E-state index in [1.165, 1.54) is 0 Å². The molecule has 0 bridgehead atoms. The van der Waals surface area contributed by atoms with E-state index in [0.29, 0.717) is 11.8 Å². The minimum absolute atomic E-state index is 0.484. The molecule has 0 amide bonds. The molecular formula is C12H11BrN2O2. The molecule has 88 valence electrons. The molecule has 1 aliphatic rings. The summed E-state index contributed by atoms with van der Waals surface area (Å²) in [6.45, 7) is 0. The highest BCUT2D eigenvalue weighted by molar-refractivity contribution is 9.10. The number of halogens is 1. The van der Waals surface area contributed by atoms with Crippen LogP contribution in [0.4, 0.5) is 0 Å². The Bertz CT molecular complexity index is 549. The van der Waals surface area contributed by atoms with Gasteiger partial charge in [-0.1, -0.05) is 0 Å². The van der Waals surface area contributed by atoms with Gasteiger partial charge in [-0.25, -0.2) is 0 Å². The summed E-state index contributed by atoms with van der Waals surface area (Å²) in [5.74, 6) is 2.59. The lowest BCUT2D eigenvalue weighted by Crippen LogP contribution is -1.85. The molecule has 1 heterocycles. The van der Waals surface area contributed by atoms with E-state index in [1.54, 1.807) is 7.11 Å². The van der Waals surface area contributed by atoms with E-state index >= 15 is 0 Å². The summed E-state index contributed by atoms with van der Waals surface area (Å²) in [4.78, 5) is 0. The van der Waals surface area contributed by atoms with Crippen molar-refractivity contribution < 1.29 is 9.15 Å². The van der Waals surface area contributed by atoms with Crippen molar-refractivity contribution in [3.63, 3.8) is 0 Å². The van der Waals surface area contributed by atoms with Crippen LogP contribution in [0.15, 0.2) is 27.1 Å². The highest BCUT2D eigenvalue weighted by Crippen LogP contribution is 2.40. The zero-order valence-electron chi connectivity index (χ0n) is 9.31. The van der Waals surface area contributed by atoms with Crippen LogP contribution < -0.4 is 4.74 Å². The maximum Gasteiger partial charge on any atom is 0.247 e. The fourth-order valence-electron chi connectivity index (χ4n) is 1.65. The van der Waals surface area contributed by atoms with Crippen LogP contribution >= 0.6 is 15.9 Å². The number of hydrogen-bond acceptors (Lipinski definition) is 4. The number of methoxy groups -OCH3 is 1. The average molecular weight is 295 g/mol. The van der Waals surface area contributed by atoms with Crippen molar-refractivity contribution in [3.8, 4) is 17.2 Å². The standard InChI is InChI=1S/C12H11BrN2O2/c1-16-10-5-4-8(6-9(10)13)12-15-14-11(17-12)7-2-3-7/h4-7H,2-3H2,1H3. The van der Waals surface area contributed by atoms with E-state index < -0.39 is 0 Å². The maximum atomic E-state index is 5.64. The molecule has 4 nitrogen and oxygen atoms in total. The van der Waals surface area contributed by atoms with Crippen molar-refractivity contribution in [2.45, 2.75) is 18.8 Å². The van der Waals surface area contributed by atoms with Crippen molar-refractivity contribution in [2.75, 3.05) is 7.11 Å². The van der Waals surface area contributed by atoms with Crippen molar-refractivity contribution in [1.82, 2.24) is 10.2 Å².